The molecule has 0 bridgehead atoms. The SMILES string of the molecule is CNC1CC1.Sc1cccc(OCCCCc2ccccc2)c1. The number of thiol groups is 1. The minimum Gasteiger partial charge on any atom is -0.494 e. The number of hydrogen-bond donors (Lipinski definition) is 2. The molecule has 2 aromatic carbocycles. The number of nitrogens with one attached hydrogen (secondary N) is 1. The summed E-state index contributed by atoms with van der Waals surface area (Å²) in [4.78, 5) is 0.941. The summed E-state index contributed by atoms with van der Waals surface area (Å²) in [6.07, 6.45) is 6.15. The van der Waals surface area contributed by atoms with Crippen LogP contribution in [0.4, 0.5) is 0 Å². The number of ether oxygens (including phenoxy) is 1. The van der Waals surface area contributed by atoms with Crippen LogP contribution in [0.5, 0.6) is 5.75 Å². The van der Waals surface area contributed by atoms with Gasteiger partial charge in [0.2, 0.25) is 0 Å². The van der Waals surface area contributed by atoms with Crippen molar-refractivity contribution in [2.75, 3.05) is 13.7 Å². The molecular weight excluding hydrogens is 302 g/mol. The van der Waals surface area contributed by atoms with Gasteiger partial charge in [0.15, 0.2) is 0 Å². The summed E-state index contributed by atoms with van der Waals surface area (Å²) in [6, 6.07) is 19.3. The van der Waals surface area contributed by atoms with Gasteiger partial charge in [-0.1, -0.05) is 36.4 Å². The fourth-order valence-corrected chi connectivity index (χ4v) is 2.42. The number of unbranched alkanes of at least 4 members (excludes halogenated alkanes) is 1. The first kappa shape index (κ1) is 17.9. The molecule has 1 aliphatic carbocycles. The molecule has 1 saturated carbocycles. The lowest BCUT2D eigenvalue weighted by Crippen LogP contribution is -2.06. The second-order valence-corrected chi connectivity index (χ2v) is 6.37. The zero-order chi connectivity index (χ0) is 16.3. The first-order valence-electron chi connectivity index (χ1n) is 8.41. The third-order valence-electron chi connectivity index (χ3n) is 3.77. The van der Waals surface area contributed by atoms with Gasteiger partial charge in [-0.25, -0.2) is 0 Å². The quantitative estimate of drug-likeness (QED) is 0.565. The van der Waals surface area contributed by atoms with Crippen molar-refractivity contribution in [3.05, 3.63) is 60.2 Å². The lowest BCUT2D eigenvalue weighted by molar-refractivity contribution is 0.306. The van der Waals surface area contributed by atoms with E-state index < -0.39 is 0 Å². The minimum absolute atomic E-state index is 0.768. The Labute approximate surface area is 145 Å². The molecule has 23 heavy (non-hydrogen) atoms. The predicted molar refractivity (Wildman–Crippen MR) is 101 cm³/mol. The Hall–Kier alpha value is -1.45. The van der Waals surface area contributed by atoms with Crippen molar-refractivity contribution < 1.29 is 4.74 Å². The van der Waals surface area contributed by atoms with Crippen molar-refractivity contribution in [2.45, 2.75) is 43.0 Å². The average molecular weight is 330 g/mol. The molecule has 124 valence electrons. The number of rotatable bonds is 7. The Morgan fingerprint density at radius 1 is 1.04 bits per heavy atom. The molecule has 3 heteroatoms. The molecule has 3 rings (SSSR count). The highest BCUT2D eigenvalue weighted by atomic mass is 32.1. The van der Waals surface area contributed by atoms with Crippen molar-refractivity contribution in [3.8, 4) is 5.75 Å². The molecule has 1 aliphatic rings. The van der Waals surface area contributed by atoms with Crippen LogP contribution in [0.1, 0.15) is 31.2 Å². The van der Waals surface area contributed by atoms with Crippen molar-refractivity contribution >= 4 is 12.6 Å². The molecule has 0 saturated heterocycles. The van der Waals surface area contributed by atoms with Crippen molar-refractivity contribution in [2.24, 2.45) is 0 Å². The van der Waals surface area contributed by atoms with E-state index >= 15 is 0 Å². The second-order valence-electron chi connectivity index (χ2n) is 5.85. The molecule has 1 fully saturated rings. The molecule has 0 atom stereocenters. The highest BCUT2D eigenvalue weighted by molar-refractivity contribution is 7.80. The lowest BCUT2D eigenvalue weighted by Gasteiger charge is -2.06. The summed E-state index contributed by atoms with van der Waals surface area (Å²) in [5, 5.41) is 3.14. The largest absolute Gasteiger partial charge is 0.494 e. The van der Waals surface area contributed by atoms with Crippen LogP contribution in [0.15, 0.2) is 59.5 Å². The smallest absolute Gasteiger partial charge is 0.120 e. The molecule has 0 radical (unpaired) electrons. The highest BCUT2D eigenvalue weighted by Gasteiger charge is 2.17. The standard InChI is InChI=1S/C16H18OS.C4H9N/c18-16-11-6-10-15(13-16)17-12-5-4-9-14-7-2-1-3-8-14;1-5-4-2-3-4/h1-3,6-8,10-11,13,18H,4-5,9,12H2;4-5H,2-3H2,1H3. The van der Waals surface area contributed by atoms with E-state index in [1.165, 1.54) is 18.4 Å². The van der Waals surface area contributed by atoms with Gasteiger partial charge in [-0.3, -0.25) is 0 Å². The van der Waals surface area contributed by atoms with Crippen LogP contribution in [-0.2, 0) is 6.42 Å². The molecule has 0 unspecified atom stereocenters. The van der Waals surface area contributed by atoms with Crippen molar-refractivity contribution in [1.29, 1.82) is 0 Å². The van der Waals surface area contributed by atoms with E-state index in [1.54, 1.807) is 0 Å². The van der Waals surface area contributed by atoms with Gasteiger partial charge < -0.3 is 10.1 Å². The third-order valence-corrected chi connectivity index (χ3v) is 4.05. The highest BCUT2D eigenvalue weighted by Crippen LogP contribution is 2.17. The normalized spacial score (nSPS) is 13.1. The van der Waals surface area contributed by atoms with E-state index in [2.05, 4.69) is 48.3 Å². The van der Waals surface area contributed by atoms with E-state index in [0.717, 1.165) is 42.6 Å². The van der Waals surface area contributed by atoms with Gasteiger partial charge in [-0.2, -0.15) is 0 Å². The maximum Gasteiger partial charge on any atom is 0.120 e. The third kappa shape index (κ3) is 8.10. The van der Waals surface area contributed by atoms with Crippen LogP contribution < -0.4 is 10.1 Å². The Balaban J connectivity index is 0.000000326. The Morgan fingerprint density at radius 3 is 2.43 bits per heavy atom. The van der Waals surface area contributed by atoms with Crippen LogP contribution in [0.3, 0.4) is 0 Å². The molecule has 2 nitrogen and oxygen atoms in total. The van der Waals surface area contributed by atoms with Crippen LogP contribution in [0, 0.1) is 0 Å². The molecule has 0 spiro atoms. The van der Waals surface area contributed by atoms with Gasteiger partial charge in [0.25, 0.3) is 0 Å². The molecule has 0 aromatic heterocycles. The van der Waals surface area contributed by atoms with Crippen LogP contribution in [0.25, 0.3) is 0 Å². The topological polar surface area (TPSA) is 21.3 Å². The Morgan fingerprint density at radius 2 is 1.83 bits per heavy atom. The summed E-state index contributed by atoms with van der Waals surface area (Å²) in [5.74, 6) is 0.905. The summed E-state index contributed by atoms with van der Waals surface area (Å²) in [5.41, 5.74) is 1.40. The molecule has 0 aliphatic heterocycles. The van der Waals surface area contributed by atoms with E-state index in [0.29, 0.717) is 0 Å². The van der Waals surface area contributed by atoms with E-state index in [-0.39, 0.29) is 0 Å². The van der Waals surface area contributed by atoms with Gasteiger partial charge in [-0.05, 0) is 62.9 Å². The van der Waals surface area contributed by atoms with Crippen molar-refractivity contribution in [3.63, 3.8) is 0 Å². The van der Waals surface area contributed by atoms with Crippen molar-refractivity contribution in [1.82, 2.24) is 5.32 Å². The van der Waals surface area contributed by atoms with E-state index in [1.807, 2.05) is 31.3 Å². The van der Waals surface area contributed by atoms with Crippen LogP contribution >= 0.6 is 12.6 Å². The second kappa shape index (κ2) is 10.3. The maximum absolute atomic E-state index is 5.68. The van der Waals surface area contributed by atoms with Gasteiger partial charge in [-0.15, -0.1) is 12.6 Å². The fourth-order valence-electron chi connectivity index (χ4n) is 2.21. The zero-order valence-corrected chi connectivity index (χ0v) is 14.8. The lowest BCUT2D eigenvalue weighted by atomic mass is 10.1. The number of benzene rings is 2. The molecule has 2 aromatic rings. The summed E-state index contributed by atoms with van der Waals surface area (Å²) in [6.45, 7) is 0.768. The monoisotopic (exact) mass is 329 g/mol. The van der Waals surface area contributed by atoms with E-state index in [4.69, 9.17) is 4.74 Å². The molecule has 0 amide bonds. The minimum atomic E-state index is 0.768. The Kier molecular flexibility index (Phi) is 8.05. The summed E-state index contributed by atoms with van der Waals surface area (Å²) in [7, 11) is 2.01. The van der Waals surface area contributed by atoms with Gasteiger partial charge in [0, 0.05) is 10.9 Å². The summed E-state index contributed by atoms with van der Waals surface area (Å²) >= 11 is 4.29. The summed E-state index contributed by atoms with van der Waals surface area (Å²) < 4.78 is 5.68. The molecular formula is C20H27NOS. The molecule has 1 N–H and O–H groups in total. The van der Waals surface area contributed by atoms with Gasteiger partial charge >= 0.3 is 0 Å². The fraction of sp³-hybridized carbons (Fsp3) is 0.400. The first-order valence-corrected chi connectivity index (χ1v) is 8.85. The number of aryl methyl sites for hydroxylation is 1. The molecule has 0 heterocycles. The van der Waals surface area contributed by atoms with Crippen LogP contribution in [-0.4, -0.2) is 19.7 Å². The van der Waals surface area contributed by atoms with Gasteiger partial charge in [0.1, 0.15) is 5.75 Å². The number of hydrogen-bond acceptors (Lipinski definition) is 3. The van der Waals surface area contributed by atoms with E-state index in [9.17, 15) is 0 Å². The average Bonchev–Trinajstić information content (AvgIpc) is 3.41. The Bertz CT molecular complexity index is 555. The maximum atomic E-state index is 5.68. The predicted octanol–water partition coefficient (Wildman–Crippen LogP) is 4.75. The first-order chi connectivity index (χ1) is 11.3. The zero-order valence-electron chi connectivity index (χ0n) is 13.9. The van der Waals surface area contributed by atoms with Crippen LogP contribution in [0.2, 0.25) is 0 Å². The van der Waals surface area contributed by atoms with Gasteiger partial charge in [0.05, 0.1) is 6.61 Å².